The summed E-state index contributed by atoms with van der Waals surface area (Å²) in [6.07, 6.45) is 2.64. The smallest absolute Gasteiger partial charge is 0.00916 e. The molecule has 0 unspecified atom stereocenters. The molecule has 0 aromatic heterocycles. The van der Waals surface area contributed by atoms with Gasteiger partial charge in [-0.25, -0.2) is 0 Å². The van der Waals surface area contributed by atoms with Crippen LogP contribution in [0.1, 0.15) is 47.5 Å². The number of rotatable bonds is 5. The fraction of sp³-hybridized carbons (Fsp3) is 1.00. The molecule has 0 atom stereocenters. The zero-order valence-corrected chi connectivity index (χ0v) is 11.8. The first kappa shape index (κ1) is 14.0. The minimum atomic E-state index is 0.419. The molecule has 1 fully saturated rings. The zero-order chi connectivity index (χ0) is 12.2. The summed E-state index contributed by atoms with van der Waals surface area (Å²) >= 11 is 0. The molecule has 1 aliphatic heterocycles. The second-order valence-corrected chi connectivity index (χ2v) is 6.23. The Bertz CT molecular complexity index is 191. The van der Waals surface area contributed by atoms with Crippen molar-refractivity contribution in [3.63, 3.8) is 0 Å². The van der Waals surface area contributed by atoms with E-state index in [0.29, 0.717) is 5.41 Å². The Hall–Kier alpha value is -0.0800. The summed E-state index contributed by atoms with van der Waals surface area (Å²) in [6.45, 7) is 16.5. The average molecular weight is 226 g/mol. The molecule has 0 saturated carbocycles. The Morgan fingerprint density at radius 1 is 1.25 bits per heavy atom. The van der Waals surface area contributed by atoms with Gasteiger partial charge >= 0.3 is 0 Å². The van der Waals surface area contributed by atoms with Gasteiger partial charge in [-0.2, -0.15) is 0 Å². The molecule has 0 aromatic rings. The van der Waals surface area contributed by atoms with Gasteiger partial charge in [-0.15, -0.1) is 0 Å². The van der Waals surface area contributed by atoms with Gasteiger partial charge < -0.3 is 10.2 Å². The summed E-state index contributed by atoms with van der Waals surface area (Å²) in [6, 6.07) is 0.751. The van der Waals surface area contributed by atoms with Gasteiger partial charge in [-0.05, 0) is 43.8 Å². The molecule has 2 heteroatoms. The minimum Gasteiger partial charge on any atom is -0.313 e. The lowest BCUT2D eigenvalue weighted by Gasteiger charge is -2.35. The summed E-state index contributed by atoms with van der Waals surface area (Å²) in [5, 5.41) is 3.76. The first-order valence-electron chi connectivity index (χ1n) is 6.91. The maximum atomic E-state index is 3.76. The summed E-state index contributed by atoms with van der Waals surface area (Å²) in [5.41, 5.74) is 0.419. The van der Waals surface area contributed by atoms with Gasteiger partial charge in [0.15, 0.2) is 0 Å². The normalized spacial score (nSPS) is 20.6. The van der Waals surface area contributed by atoms with E-state index in [2.05, 4.69) is 44.8 Å². The summed E-state index contributed by atoms with van der Waals surface area (Å²) < 4.78 is 0. The second-order valence-electron chi connectivity index (χ2n) is 6.23. The van der Waals surface area contributed by atoms with E-state index in [0.717, 1.165) is 18.5 Å². The van der Waals surface area contributed by atoms with Crippen LogP contribution >= 0.6 is 0 Å². The highest BCUT2D eigenvalue weighted by atomic mass is 15.1. The number of likely N-dealkylation sites (tertiary alicyclic amines) is 1. The van der Waals surface area contributed by atoms with Crippen LogP contribution in [0.25, 0.3) is 0 Å². The predicted molar refractivity (Wildman–Crippen MR) is 71.8 cm³/mol. The quantitative estimate of drug-likeness (QED) is 0.775. The predicted octanol–water partition coefficient (Wildman–Crippen LogP) is 2.74. The van der Waals surface area contributed by atoms with Crippen molar-refractivity contribution in [1.29, 1.82) is 0 Å². The molecule has 1 heterocycles. The molecule has 1 rings (SSSR count). The van der Waals surface area contributed by atoms with E-state index in [4.69, 9.17) is 0 Å². The van der Waals surface area contributed by atoms with Crippen LogP contribution < -0.4 is 5.32 Å². The first-order valence-corrected chi connectivity index (χ1v) is 6.91. The van der Waals surface area contributed by atoms with E-state index in [9.17, 15) is 0 Å². The Kier molecular flexibility index (Phi) is 5.26. The van der Waals surface area contributed by atoms with Crippen LogP contribution in [0.5, 0.6) is 0 Å². The van der Waals surface area contributed by atoms with E-state index < -0.39 is 0 Å². The number of nitrogens with zero attached hydrogens (tertiary/aromatic N) is 1. The maximum Gasteiger partial charge on any atom is 0.00916 e. The van der Waals surface area contributed by atoms with Crippen LogP contribution in [0, 0.1) is 11.3 Å². The van der Waals surface area contributed by atoms with Crippen LogP contribution in [0.15, 0.2) is 0 Å². The van der Waals surface area contributed by atoms with Crippen LogP contribution in [0.4, 0.5) is 0 Å². The lowest BCUT2D eigenvalue weighted by molar-refractivity contribution is 0.178. The highest BCUT2D eigenvalue weighted by Gasteiger charge is 2.24. The average Bonchev–Trinajstić information content (AvgIpc) is 2.27. The fourth-order valence-corrected chi connectivity index (χ4v) is 2.06. The molecule has 1 N–H and O–H groups in total. The van der Waals surface area contributed by atoms with Crippen molar-refractivity contribution in [2.24, 2.45) is 11.3 Å². The Morgan fingerprint density at radius 2 is 1.81 bits per heavy atom. The Balaban J connectivity index is 2.24. The van der Waals surface area contributed by atoms with E-state index in [1.807, 2.05) is 0 Å². The molecule has 2 nitrogen and oxygen atoms in total. The van der Waals surface area contributed by atoms with E-state index in [1.165, 1.54) is 32.5 Å². The van der Waals surface area contributed by atoms with Gasteiger partial charge in [0.1, 0.15) is 0 Å². The van der Waals surface area contributed by atoms with E-state index in [1.54, 1.807) is 0 Å². The zero-order valence-electron chi connectivity index (χ0n) is 11.8. The van der Waals surface area contributed by atoms with Crippen LogP contribution in [-0.4, -0.2) is 37.1 Å². The first-order chi connectivity index (χ1) is 7.45. The van der Waals surface area contributed by atoms with Crippen molar-refractivity contribution in [3.8, 4) is 0 Å². The van der Waals surface area contributed by atoms with E-state index in [-0.39, 0.29) is 0 Å². The van der Waals surface area contributed by atoms with Crippen LogP contribution in [0.2, 0.25) is 0 Å². The van der Waals surface area contributed by atoms with Crippen molar-refractivity contribution in [1.82, 2.24) is 10.2 Å². The topological polar surface area (TPSA) is 15.3 Å². The lowest BCUT2D eigenvalue weighted by Crippen LogP contribution is -2.45. The third kappa shape index (κ3) is 4.06. The van der Waals surface area contributed by atoms with Crippen molar-refractivity contribution >= 4 is 0 Å². The summed E-state index contributed by atoms with van der Waals surface area (Å²) in [4.78, 5) is 2.55. The molecule has 0 radical (unpaired) electrons. The van der Waals surface area contributed by atoms with Crippen molar-refractivity contribution in [3.05, 3.63) is 0 Å². The number of piperidine rings is 1. The molecule has 0 amide bonds. The molecule has 1 saturated heterocycles. The summed E-state index contributed by atoms with van der Waals surface area (Å²) in [7, 11) is 0. The molecule has 0 spiro atoms. The summed E-state index contributed by atoms with van der Waals surface area (Å²) in [5.74, 6) is 0.746. The second kappa shape index (κ2) is 6.02. The maximum absolute atomic E-state index is 3.76. The molecular weight excluding hydrogens is 196 g/mol. The molecule has 96 valence electrons. The number of nitrogens with one attached hydrogen (secondary N) is 1. The van der Waals surface area contributed by atoms with Crippen LogP contribution in [-0.2, 0) is 0 Å². The number of hydrogen-bond donors (Lipinski definition) is 1. The van der Waals surface area contributed by atoms with Gasteiger partial charge in [-0.1, -0.05) is 34.6 Å². The highest BCUT2D eigenvalue weighted by Crippen LogP contribution is 2.25. The van der Waals surface area contributed by atoms with Crippen molar-refractivity contribution in [2.75, 3.05) is 26.2 Å². The van der Waals surface area contributed by atoms with Gasteiger partial charge in [0.2, 0.25) is 0 Å². The highest BCUT2D eigenvalue weighted by molar-refractivity contribution is 4.81. The molecule has 1 aliphatic rings. The van der Waals surface area contributed by atoms with Crippen molar-refractivity contribution < 1.29 is 0 Å². The standard InChI is InChI=1S/C14H30N2/c1-6-16-9-7-13(8-10-16)15-11-14(4,5)12(2)3/h12-13,15H,6-11H2,1-5H3. The third-order valence-electron chi connectivity index (χ3n) is 4.44. The lowest BCUT2D eigenvalue weighted by atomic mass is 9.81. The fourth-order valence-electron chi connectivity index (χ4n) is 2.06. The minimum absolute atomic E-state index is 0.419. The van der Waals surface area contributed by atoms with Gasteiger partial charge in [0.05, 0.1) is 0 Å². The van der Waals surface area contributed by atoms with Crippen LogP contribution in [0.3, 0.4) is 0 Å². The largest absolute Gasteiger partial charge is 0.313 e. The number of hydrogen-bond acceptors (Lipinski definition) is 2. The Morgan fingerprint density at radius 3 is 2.25 bits per heavy atom. The van der Waals surface area contributed by atoms with Crippen molar-refractivity contribution in [2.45, 2.75) is 53.5 Å². The molecule has 16 heavy (non-hydrogen) atoms. The molecule has 0 aliphatic carbocycles. The Labute approximate surface area is 102 Å². The van der Waals surface area contributed by atoms with E-state index >= 15 is 0 Å². The third-order valence-corrected chi connectivity index (χ3v) is 4.44. The SMILES string of the molecule is CCN1CCC(NCC(C)(C)C(C)C)CC1. The molecule has 0 bridgehead atoms. The molecule has 0 aromatic carbocycles. The van der Waals surface area contributed by atoms with Gasteiger partial charge in [0.25, 0.3) is 0 Å². The van der Waals surface area contributed by atoms with Gasteiger partial charge in [0, 0.05) is 12.6 Å². The molecular formula is C14H30N2. The van der Waals surface area contributed by atoms with Gasteiger partial charge in [-0.3, -0.25) is 0 Å². The monoisotopic (exact) mass is 226 g/mol.